The van der Waals surface area contributed by atoms with E-state index >= 15 is 0 Å². The summed E-state index contributed by atoms with van der Waals surface area (Å²) in [5, 5.41) is 1.14. The molecule has 0 saturated carbocycles. The molecule has 1 heterocycles. The fourth-order valence-corrected chi connectivity index (χ4v) is 3.21. The van der Waals surface area contributed by atoms with Crippen molar-refractivity contribution in [3.8, 4) is 16.9 Å². The second kappa shape index (κ2) is 7.01. The number of fused-ring (bicyclic) bond motifs is 1. The maximum absolute atomic E-state index is 6.03. The molecular weight excluding hydrogens is 318 g/mol. The van der Waals surface area contributed by atoms with E-state index in [1.165, 1.54) is 0 Å². The Morgan fingerprint density at radius 1 is 0.885 bits per heavy atom. The molecule has 0 atom stereocenters. The lowest BCUT2D eigenvalue weighted by Crippen LogP contribution is -1.98. The highest BCUT2D eigenvalue weighted by atomic mass is 16.5. The predicted molar refractivity (Wildman–Crippen MR) is 107 cm³/mol. The largest absolute Gasteiger partial charge is 0.489 e. The highest BCUT2D eigenvalue weighted by Gasteiger charge is 2.06. The number of hydrogen-bond donors (Lipinski definition) is 0. The van der Waals surface area contributed by atoms with Crippen molar-refractivity contribution in [1.82, 2.24) is 4.98 Å². The van der Waals surface area contributed by atoms with Crippen molar-refractivity contribution in [1.29, 1.82) is 0 Å². The Balaban J connectivity index is 1.55. The SMILES string of the molecule is [CH2]c1ccccc1-c1ccc(OCc2cc(C)nc3ccccc23)cc1. The molecule has 0 N–H and O–H groups in total. The van der Waals surface area contributed by atoms with E-state index in [1.54, 1.807) is 0 Å². The molecule has 3 aromatic carbocycles. The van der Waals surface area contributed by atoms with Crippen LogP contribution in [0, 0.1) is 13.8 Å². The highest BCUT2D eigenvalue weighted by Crippen LogP contribution is 2.26. The summed E-state index contributed by atoms with van der Waals surface area (Å²) >= 11 is 0. The quantitative estimate of drug-likeness (QED) is 0.457. The van der Waals surface area contributed by atoms with Crippen molar-refractivity contribution in [2.75, 3.05) is 0 Å². The predicted octanol–water partition coefficient (Wildman–Crippen LogP) is 5.97. The Bertz CT molecular complexity index is 1050. The Morgan fingerprint density at radius 3 is 2.42 bits per heavy atom. The first kappa shape index (κ1) is 16.3. The van der Waals surface area contributed by atoms with Gasteiger partial charge >= 0.3 is 0 Å². The van der Waals surface area contributed by atoms with Crippen molar-refractivity contribution >= 4 is 10.9 Å². The van der Waals surface area contributed by atoms with E-state index in [4.69, 9.17) is 4.74 Å². The van der Waals surface area contributed by atoms with Crippen molar-refractivity contribution in [2.24, 2.45) is 0 Å². The zero-order chi connectivity index (χ0) is 17.9. The lowest BCUT2D eigenvalue weighted by Gasteiger charge is -2.11. The molecule has 1 radical (unpaired) electrons. The third-order valence-corrected chi connectivity index (χ3v) is 4.51. The number of aromatic nitrogens is 1. The minimum atomic E-state index is 0.523. The van der Waals surface area contributed by atoms with Gasteiger partial charge in [-0.05, 0) is 54.8 Å². The van der Waals surface area contributed by atoms with Crippen LogP contribution in [0.2, 0.25) is 0 Å². The number of benzene rings is 3. The Labute approximate surface area is 154 Å². The molecule has 0 fully saturated rings. The smallest absolute Gasteiger partial charge is 0.119 e. The summed E-state index contributed by atoms with van der Waals surface area (Å²) in [6.07, 6.45) is 0. The molecule has 127 valence electrons. The second-order valence-corrected chi connectivity index (χ2v) is 6.41. The first-order chi connectivity index (χ1) is 12.7. The Hall–Kier alpha value is -3.13. The first-order valence-electron chi connectivity index (χ1n) is 8.70. The molecule has 2 heteroatoms. The molecule has 0 spiro atoms. The maximum atomic E-state index is 6.03. The van der Waals surface area contributed by atoms with E-state index in [0.29, 0.717) is 6.61 Å². The van der Waals surface area contributed by atoms with Gasteiger partial charge in [0.1, 0.15) is 12.4 Å². The van der Waals surface area contributed by atoms with Gasteiger partial charge in [-0.15, -0.1) is 0 Å². The summed E-state index contributed by atoms with van der Waals surface area (Å²) in [6, 6.07) is 26.6. The maximum Gasteiger partial charge on any atom is 0.119 e. The number of aryl methyl sites for hydroxylation is 1. The van der Waals surface area contributed by atoms with Crippen LogP contribution in [0.25, 0.3) is 22.0 Å². The third-order valence-electron chi connectivity index (χ3n) is 4.51. The van der Waals surface area contributed by atoms with Gasteiger partial charge in [-0.2, -0.15) is 0 Å². The van der Waals surface area contributed by atoms with Crippen LogP contribution in [-0.4, -0.2) is 4.98 Å². The fourth-order valence-electron chi connectivity index (χ4n) is 3.21. The monoisotopic (exact) mass is 338 g/mol. The van der Waals surface area contributed by atoms with Crippen LogP contribution in [-0.2, 0) is 6.61 Å². The van der Waals surface area contributed by atoms with E-state index in [9.17, 15) is 0 Å². The molecule has 0 unspecified atom stereocenters. The zero-order valence-electron chi connectivity index (χ0n) is 14.8. The minimum absolute atomic E-state index is 0.523. The van der Waals surface area contributed by atoms with E-state index in [-0.39, 0.29) is 0 Å². The summed E-state index contributed by atoms with van der Waals surface area (Å²) in [4.78, 5) is 4.58. The number of pyridine rings is 1. The zero-order valence-corrected chi connectivity index (χ0v) is 14.8. The number of nitrogens with zero attached hydrogens (tertiary/aromatic N) is 1. The summed E-state index contributed by atoms with van der Waals surface area (Å²) in [6.45, 7) is 6.63. The molecule has 0 aliphatic rings. The molecule has 0 aliphatic heterocycles. The molecule has 2 nitrogen and oxygen atoms in total. The Morgan fingerprint density at radius 2 is 1.62 bits per heavy atom. The molecule has 4 aromatic rings. The normalized spacial score (nSPS) is 10.8. The van der Waals surface area contributed by atoms with Gasteiger partial charge < -0.3 is 4.74 Å². The van der Waals surface area contributed by atoms with Crippen LogP contribution in [0.15, 0.2) is 78.9 Å². The number of para-hydroxylation sites is 1. The van der Waals surface area contributed by atoms with Crippen molar-refractivity contribution in [3.63, 3.8) is 0 Å². The number of ether oxygens (including phenoxy) is 1. The summed E-state index contributed by atoms with van der Waals surface area (Å²) in [7, 11) is 0. The average Bonchev–Trinajstić information content (AvgIpc) is 2.67. The van der Waals surface area contributed by atoms with Gasteiger partial charge in [-0.25, -0.2) is 0 Å². The van der Waals surface area contributed by atoms with Crippen LogP contribution in [0.1, 0.15) is 16.8 Å². The fraction of sp³-hybridized carbons (Fsp3) is 0.0833. The van der Waals surface area contributed by atoms with Gasteiger partial charge in [0.25, 0.3) is 0 Å². The highest BCUT2D eigenvalue weighted by molar-refractivity contribution is 5.82. The van der Waals surface area contributed by atoms with Gasteiger partial charge in [0.2, 0.25) is 0 Å². The van der Waals surface area contributed by atoms with E-state index < -0.39 is 0 Å². The van der Waals surface area contributed by atoms with Gasteiger partial charge in [-0.3, -0.25) is 4.98 Å². The van der Waals surface area contributed by atoms with Gasteiger partial charge in [0.05, 0.1) is 5.52 Å². The number of rotatable bonds is 4. The molecular formula is C24H20NO. The average molecular weight is 338 g/mol. The van der Waals surface area contributed by atoms with Crippen LogP contribution >= 0.6 is 0 Å². The lowest BCUT2D eigenvalue weighted by molar-refractivity contribution is 0.307. The van der Waals surface area contributed by atoms with Crippen LogP contribution in [0.5, 0.6) is 5.75 Å². The number of hydrogen-bond acceptors (Lipinski definition) is 2. The van der Waals surface area contributed by atoms with Gasteiger partial charge in [0.15, 0.2) is 0 Å². The van der Waals surface area contributed by atoms with Gasteiger partial charge in [-0.1, -0.05) is 54.6 Å². The minimum Gasteiger partial charge on any atom is -0.489 e. The molecule has 0 amide bonds. The van der Waals surface area contributed by atoms with Crippen LogP contribution in [0.3, 0.4) is 0 Å². The third kappa shape index (κ3) is 3.31. The summed E-state index contributed by atoms with van der Waals surface area (Å²) in [5.41, 5.74) is 6.49. The van der Waals surface area contributed by atoms with Crippen molar-refractivity contribution < 1.29 is 4.74 Å². The Kier molecular flexibility index (Phi) is 4.40. The summed E-state index contributed by atoms with van der Waals surface area (Å²) in [5.74, 6) is 0.855. The van der Waals surface area contributed by atoms with E-state index in [1.807, 2.05) is 55.5 Å². The van der Waals surface area contributed by atoms with Crippen molar-refractivity contribution in [2.45, 2.75) is 13.5 Å². The molecule has 4 rings (SSSR count). The van der Waals surface area contributed by atoms with Crippen molar-refractivity contribution in [3.05, 3.63) is 103 Å². The molecule has 26 heavy (non-hydrogen) atoms. The topological polar surface area (TPSA) is 22.1 Å². The van der Waals surface area contributed by atoms with Crippen LogP contribution < -0.4 is 4.74 Å². The second-order valence-electron chi connectivity index (χ2n) is 6.41. The molecule has 0 bridgehead atoms. The molecule has 0 saturated heterocycles. The first-order valence-corrected chi connectivity index (χ1v) is 8.70. The molecule has 1 aromatic heterocycles. The lowest BCUT2D eigenvalue weighted by atomic mass is 10.0. The standard InChI is InChI=1S/C24H20NO/c1-17-7-3-4-8-22(17)19-11-13-21(14-12-19)26-16-20-15-18(2)25-24-10-6-5-9-23(20)24/h3-15H,1,16H2,2H3. The summed E-state index contributed by atoms with van der Waals surface area (Å²) < 4.78 is 6.03. The van der Waals surface area contributed by atoms with Crippen LogP contribution in [0.4, 0.5) is 0 Å². The molecule has 0 aliphatic carbocycles. The van der Waals surface area contributed by atoms with Gasteiger partial charge in [0, 0.05) is 16.6 Å². The van der Waals surface area contributed by atoms with E-state index in [0.717, 1.165) is 44.6 Å². The van der Waals surface area contributed by atoms with E-state index in [2.05, 4.69) is 42.2 Å².